The van der Waals surface area contributed by atoms with E-state index < -0.39 is 0 Å². The van der Waals surface area contributed by atoms with Crippen LogP contribution in [0, 0.1) is 17.1 Å². The second-order valence-corrected chi connectivity index (χ2v) is 9.29. The van der Waals surface area contributed by atoms with E-state index in [-0.39, 0.29) is 11.9 Å². The van der Waals surface area contributed by atoms with Crippen LogP contribution in [0.15, 0.2) is 59.1 Å². The minimum atomic E-state index is -0.289. The van der Waals surface area contributed by atoms with Gasteiger partial charge < -0.3 is 20.0 Å². The topological polar surface area (TPSA) is 77.1 Å². The van der Waals surface area contributed by atoms with Gasteiger partial charge >= 0.3 is 0 Å². The van der Waals surface area contributed by atoms with Crippen LogP contribution in [0.25, 0.3) is 11.3 Å². The number of nitrogens with zero attached hydrogens (tertiary/aromatic N) is 3. The molecule has 176 valence electrons. The summed E-state index contributed by atoms with van der Waals surface area (Å²) in [5.41, 5.74) is 2.55. The number of hydrogen-bond donors (Lipinski definition) is 2. The lowest BCUT2D eigenvalue weighted by atomic mass is 9.89. The van der Waals surface area contributed by atoms with Gasteiger partial charge in [-0.2, -0.15) is 5.26 Å². The Labute approximate surface area is 199 Å². The minimum absolute atomic E-state index is 0.234. The third kappa shape index (κ3) is 5.23. The van der Waals surface area contributed by atoms with Crippen molar-refractivity contribution < 1.29 is 8.81 Å². The van der Waals surface area contributed by atoms with Gasteiger partial charge in [-0.3, -0.25) is 0 Å². The van der Waals surface area contributed by atoms with Crippen LogP contribution in [0.5, 0.6) is 0 Å². The molecule has 1 saturated heterocycles. The Hall–Kier alpha value is -3.37. The van der Waals surface area contributed by atoms with E-state index >= 15 is 0 Å². The highest BCUT2D eigenvalue weighted by Crippen LogP contribution is 2.28. The van der Waals surface area contributed by atoms with E-state index in [4.69, 9.17) is 9.68 Å². The van der Waals surface area contributed by atoms with Crippen LogP contribution < -0.4 is 15.5 Å². The number of aromatic nitrogens is 1. The van der Waals surface area contributed by atoms with Crippen molar-refractivity contribution in [3.05, 3.63) is 66.1 Å². The molecule has 0 radical (unpaired) electrons. The fraction of sp³-hybridized carbons (Fsp3) is 0.407. The molecule has 1 saturated carbocycles. The van der Waals surface area contributed by atoms with E-state index in [1.807, 2.05) is 30.3 Å². The summed E-state index contributed by atoms with van der Waals surface area (Å²) in [4.78, 5) is 6.81. The average Bonchev–Trinajstić information content (AvgIpc) is 3.34. The van der Waals surface area contributed by atoms with Gasteiger partial charge in [-0.25, -0.2) is 9.37 Å². The van der Waals surface area contributed by atoms with Gasteiger partial charge in [-0.05, 0) is 62.1 Å². The average molecular weight is 460 g/mol. The predicted molar refractivity (Wildman–Crippen MR) is 131 cm³/mol. The zero-order chi connectivity index (χ0) is 23.3. The third-order valence-corrected chi connectivity index (χ3v) is 6.92. The van der Waals surface area contributed by atoms with E-state index in [2.05, 4.69) is 26.6 Å². The zero-order valence-corrected chi connectivity index (χ0v) is 19.2. The van der Waals surface area contributed by atoms with Crippen molar-refractivity contribution >= 4 is 11.7 Å². The molecule has 0 bridgehead atoms. The van der Waals surface area contributed by atoms with Crippen LogP contribution in [0.3, 0.4) is 0 Å². The Kier molecular flexibility index (Phi) is 6.77. The fourth-order valence-electron chi connectivity index (χ4n) is 5.17. The van der Waals surface area contributed by atoms with Crippen molar-refractivity contribution in [2.75, 3.05) is 23.3 Å². The summed E-state index contributed by atoms with van der Waals surface area (Å²) < 4.78 is 19.5. The van der Waals surface area contributed by atoms with E-state index in [9.17, 15) is 4.39 Å². The summed E-state index contributed by atoms with van der Waals surface area (Å²) >= 11 is 0. The quantitative estimate of drug-likeness (QED) is 0.519. The Morgan fingerprint density at radius 2 is 1.85 bits per heavy atom. The standard InChI is InChI=1S/C27H30FN5O/c28-21-6-3-5-20(15-21)26-17-30-27(34-26)32-25-9-2-1-8-24(25)31-22-7-4-14-33(18-22)23-12-10-19(16-29)11-13-23/h3,5-6,10-13,15,17,22,24-25,31H,1-2,4,7-9,14,18H2,(H,30,32)/t22?,24-,25-/m1/s1. The summed E-state index contributed by atoms with van der Waals surface area (Å²) in [5, 5.41) is 16.5. The van der Waals surface area contributed by atoms with Crippen LogP contribution in [0.1, 0.15) is 44.1 Å². The van der Waals surface area contributed by atoms with Crippen molar-refractivity contribution in [1.82, 2.24) is 10.3 Å². The van der Waals surface area contributed by atoms with E-state index in [0.717, 1.165) is 38.8 Å². The van der Waals surface area contributed by atoms with Crippen LogP contribution in [0.2, 0.25) is 0 Å². The second-order valence-electron chi connectivity index (χ2n) is 9.29. The van der Waals surface area contributed by atoms with Gasteiger partial charge in [0.1, 0.15) is 5.82 Å². The van der Waals surface area contributed by atoms with E-state index in [1.165, 1.54) is 30.7 Å². The number of hydrogen-bond acceptors (Lipinski definition) is 6. The Morgan fingerprint density at radius 3 is 2.65 bits per heavy atom. The first-order valence-corrected chi connectivity index (χ1v) is 12.2. The largest absolute Gasteiger partial charge is 0.424 e. The Morgan fingerprint density at radius 1 is 1.03 bits per heavy atom. The number of oxazole rings is 1. The molecule has 7 heteroatoms. The molecule has 1 aromatic heterocycles. The molecule has 2 fully saturated rings. The molecule has 6 nitrogen and oxygen atoms in total. The highest BCUT2D eigenvalue weighted by molar-refractivity contribution is 5.57. The molecule has 3 atom stereocenters. The summed E-state index contributed by atoms with van der Waals surface area (Å²) in [6, 6.07) is 17.9. The Bertz CT molecular complexity index is 1140. The van der Waals surface area contributed by atoms with Gasteiger partial charge in [0.25, 0.3) is 6.01 Å². The monoisotopic (exact) mass is 459 g/mol. The number of piperidine rings is 1. The summed E-state index contributed by atoms with van der Waals surface area (Å²) in [6.07, 6.45) is 8.50. The lowest BCUT2D eigenvalue weighted by Crippen LogP contribution is -2.54. The number of rotatable bonds is 6. The maximum absolute atomic E-state index is 13.6. The molecule has 2 aromatic carbocycles. The number of halogens is 1. The number of benzene rings is 2. The van der Waals surface area contributed by atoms with Gasteiger partial charge in [0.15, 0.2) is 5.76 Å². The van der Waals surface area contributed by atoms with Gasteiger partial charge in [0.05, 0.1) is 17.8 Å². The summed E-state index contributed by atoms with van der Waals surface area (Å²) in [5.74, 6) is 0.273. The van der Waals surface area contributed by atoms with Gasteiger partial charge in [-0.15, -0.1) is 0 Å². The van der Waals surface area contributed by atoms with Crippen molar-refractivity contribution in [1.29, 1.82) is 5.26 Å². The fourth-order valence-corrected chi connectivity index (χ4v) is 5.17. The smallest absolute Gasteiger partial charge is 0.295 e. The molecular formula is C27H30FN5O. The van der Waals surface area contributed by atoms with Gasteiger partial charge in [0.2, 0.25) is 0 Å². The number of nitriles is 1. The lowest BCUT2D eigenvalue weighted by molar-refractivity contribution is 0.290. The first-order chi connectivity index (χ1) is 16.7. The van der Waals surface area contributed by atoms with Crippen molar-refractivity contribution in [3.8, 4) is 17.4 Å². The highest BCUT2D eigenvalue weighted by Gasteiger charge is 2.30. The maximum atomic E-state index is 13.6. The summed E-state index contributed by atoms with van der Waals surface area (Å²) in [7, 11) is 0. The SMILES string of the molecule is N#Cc1ccc(N2CCCC(N[C@@H]3CCCC[C@H]3Nc3ncc(-c4cccc(F)c4)o3)C2)cc1. The van der Waals surface area contributed by atoms with Gasteiger partial charge in [0, 0.05) is 42.5 Å². The van der Waals surface area contributed by atoms with Crippen LogP contribution in [0.4, 0.5) is 16.1 Å². The lowest BCUT2D eigenvalue weighted by Gasteiger charge is -2.40. The highest BCUT2D eigenvalue weighted by atomic mass is 19.1. The minimum Gasteiger partial charge on any atom is -0.424 e. The van der Waals surface area contributed by atoms with E-state index in [1.54, 1.807) is 12.3 Å². The molecule has 0 amide bonds. The third-order valence-electron chi connectivity index (χ3n) is 6.92. The molecule has 1 aliphatic carbocycles. The molecule has 1 aliphatic heterocycles. The van der Waals surface area contributed by atoms with Crippen LogP contribution in [-0.2, 0) is 0 Å². The van der Waals surface area contributed by atoms with Crippen LogP contribution >= 0.6 is 0 Å². The molecule has 34 heavy (non-hydrogen) atoms. The molecule has 0 spiro atoms. The molecule has 3 aromatic rings. The zero-order valence-electron chi connectivity index (χ0n) is 19.2. The van der Waals surface area contributed by atoms with Gasteiger partial charge in [-0.1, -0.05) is 25.0 Å². The maximum Gasteiger partial charge on any atom is 0.295 e. The Balaban J connectivity index is 1.22. The number of anilines is 2. The molecule has 2 heterocycles. The molecule has 1 unspecified atom stereocenters. The van der Waals surface area contributed by atoms with Crippen molar-refractivity contribution in [3.63, 3.8) is 0 Å². The van der Waals surface area contributed by atoms with Crippen LogP contribution in [-0.4, -0.2) is 36.2 Å². The molecule has 5 rings (SSSR count). The van der Waals surface area contributed by atoms with E-state index in [0.29, 0.717) is 35.0 Å². The predicted octanol–water partition coefficient (Wildman–Crippen LogP) is 5.33. The molecule has 2 N–H and O–H groups in total. The first kappa shape index (κ1) is 22.4. The second kappa shape index (κ2) is 10.3. The molecular weight excluding hydrogens is 429 g/mol. The number of nitrogens with one attached hydrogen (secondary N) is 2. The summed E-state index contributed by atoms with van der Waals surface area (Å²) in [6.45, 7) is 1.99. The van der Waals surface area contributed by atoms with Crippen molar-refractivity contribution in [2.45, 2.75) is 56.7 Å². The molecule has 2 aliphatic rings. The first-order valence-electron chi connectivity index (χ1n) is 12.2. The van der Waals surface area contributed by atoms with Crippen molar-refractivity contribution in [2.24, 2.45) is 0 Å². The normalized spacial score (nSPS) is 22.8.